The molecule has 0 aromatic heterocycles. The van der Waals surface area contributed by atoms with E-state index in [2.05, 4.69) is 41.4 Å². The van der Waals surface area contributed by atoms with Crippen molar-refractivity contribution in [1.82, 2.24) is 10.2 Å². The average molecular weight is 326 g/mol. The van der Waals surface area contributed by atoms with Gasteiger partial charge in [0, 0.05) is 19.0 Å². The maximum absolute atomic E-state index is 12.7. The lowest BCUT2D eigenvalue weighted by molar-refractivity contribution is -0.140. The molecule has 1 aromatic rings. The van der Waals surface area contributed by atoms with Crippen molar-refractivity contribution in [2.24, 2.45) is 17.8 Å². The van der Waals surface area contributed by atoms with Gasteiger partial charge in [0.25, 0.3) is 0 Å². The molecule has 5 nitrogen and oxygen atoms in total. The number of hydrogen-bond donors (Lipinski definition) is 1. The predicted octanol–water partition coefficient (Wildman–Crippen LogP) is 2.06. The third-order valence-electron chi connectivity index (χ3n) is 6.52. The molecule has 4 fully saturated rings. The summed E-state index contributed by atoms with van der Waals surface area (Å²) in [6.45, 7) is 4.39. The molecule has 24 heavy (non-hydrogen) atoms. The highest BCUT2D eigenvalue weighted by molar-refractivity contribution is 5.82. The fraction of sp³-hybridized carbons (Fsp3) is 0.579. The lowest BCUT2D eigenvalue weighted by Crippen LogP contribution is -2.58. The van der Waals surface area contributed by atoms with Gasteiger partial charge >= 0.3 is 6.09 Å². The first kappa shape index (κ1) is 14.3. The Labute approximate surface area is 141 Å². The van der Waals surface area contributed by atoms with Crippen molar-refractivity contribution >= 4 is 12.0 Å². The number of fused-ring (bicyclic) bond motifs is 1. The monoisotopic (exact) mass is 326 g/mol. The van der Waals surface area contributed by atoms with Crippen LogP contribution in [0.3, 0.4) is 0 Å². The number of aryl methyl sites for hydroxylation is 1. The van der Waals surface area contributed by atoms with Crippen molar-refractivity contribution < 1.29 is 14.3 Å². The molecule has 2 saturated carbocycles. The summed E-state index contributed by atoms with van der Waals surface area (Å²) in [5.74, 6) is 2.25. The van der Waals surface area contributed by atoms with Crippen LogP contribution in [0.25, 0.3) is 0 Å². The molecule has 2 saturated heterocycles. The Bertz CT molecular complexity index is 713. The van der Waals surface area contributed by atoms with E-state index in [1.54, 1.807) is 0 Å². The quantitative estimate of drug-likeness (QED) is 0.905. The van der Waals surface area contributed by atoms with Crippen LogP contribution in [0.15, 0.2) is 24.3 Å². The van der Waals surface area contributed by atoms with E-state index in [-0.39, 0.29) is 23.5 Å². The lowest BCUT2D eigenvalue weighted by Gasteiger charge is -2.43. The minimum atomic E-state index is -0.343. The van der Waals surface area contributed by atoms with Gasteiger partial charge in [-0.15, -0.1) is 0 Å². The van der Waals surface area contributed by atoms with E-state index in [0.29, 0.717) is 24.4 Å². The fourth-order valence-electron chi connectivity index (χ4n) is 5.16. The number of carbonyl (C=O) groups is 2. The molecule has 126 valence electrons. The zero-order valence-electron chi connectivity index (χ0n) is 13.8. The van der Waals surface area contributed by atoms with E-state index in [1.807, 2.05) is 0 Å². The highest BCUT2D eigenvalue weighted by Gasteiger charge is 2.59. The number of cyclic esters (lactones) is 1. The van der Waals surface area contributed by atoms with Crippen LogP contribution < -0.4 is 5.32 Å². The standard InChI is InChI=1S/C19H22N2O3/c1-11-4-2-3-5-13(11)16-14-8-21(9-15(14)16)17(22)12-6-19(7-12)10-24-18(23)20-19/h2-5,12,14-16H,6-10H2,1H3,(H,20,23)/t12?,14-,15+,16?,19?. The summed E-state index contributed by atoms with van der Waals surface area (Å²) in [6, 6.07) is 8.62. The largest absolute Gasteiger partial charge is 0.447 e. The number of nitrogens with one attached hydrogen (secondary N) is 1. The molecule has 2 aliphatic carbocycles. The number of rotatable bonds is 2. The molecule has 0 radical (unpaired) electrons. The van der Waals surface area contributed by atoms with E-state index < -0.39 is 0 Å². The number of ether oxygens (including phenoxy) is 1. The maximum atomic E-state index is 12.7. The zero-order chi connectivity index (χ0) is 16.5. The summed E-state index contributed by atoms with van der Waals surface area (Å²) in [4.78, 5) is 26.0. The zero-order valence-corrected chi connectivity index (χ0v) is 13.8. The Balaban J connectivity index is 1.19. The molecule has 1 spiro atoms. The molecular formula is C19H22N2O3. The molecule has 1 N–H and O–H groups in total. The Kier molecular flexibility index (Phi) is 2.83. The third kappa shape index (κ3) is 2.00. The van der Waals surface area contributed by atoms with Gasteiger partial charge < -0.3 is 15.0 Å². The Morgan fingerprint density at radius 1 is 1.25 bits per heavy atom. The summed E-state index contributed by atoms with van der Waals surface area (Å²) in [5, 5.41) is 2.86. The summed E-state index contributed by atoms with van der Waals surface area (Å²) in [6.07, 6.45) is 1.11. The van der Waals surface area contributed by atoms with Crippen molar-refractivity contribution in [3.8, 4) is 0 Å². The molecule has 1 unspecified atom stereocenters. The van der Waals surface area contributed by atoms with Gasteiger partial charge in [-0.05, 0) is 48.6 Å². The van der Waals surface area contributed by atoms with Gasteiger partial charge in [0.05, 0.1) is 5.54 Å². The molecule has 2 heterocycles. The highest BCUT2D eigenvalue weighted by Crippen LogP contribution is 2.59. The average Bonchev–Trinajstić information content (AvgIpc) is 2.87. The van der Waals surface area contributed by atoms with Crippen molar-refractivity contribution in [2.75, 3.05) is 19.7 Å². The molecule has 1 aromatic carbocycles. The SMILES string of the molecule is Cc1ccccc1C1[C@H]2CN(C(=O)C3CC4(COC(=O)N4)C3)C[C@@H]12. The van der Waals surface area contributed by atoms with Gasteiger partial charge in [-0.1, -0.05) is 24.3 Å². The molecule has 3 atom stereocenters. The van der Waals surface area contributed by atoms with Crippen molar-refractivity contribution in [3.05, 3.63) is 35.4 Å². The first-order valence-electron chi connectivity index (χ1n) is 8.86. The van der Waals surface area contributed by atoms with Crippen molar-refractivity contribution in [2.45, 2.75) is 31.2 Å². The van der Waals surface area contributed by atoms with Crippen LogP contribution >= 0.6 is 0 Å². The molecular weight excluding hydrogens is 304 g/mol. The van der Waals surface area contributed by atoms with E-state index in [0.717, 1.165) is 25.9 Å². The minimum Gasteiger partial charge on any atom is -0.447 e. The number of benzene rings is 1. The second-order valence-electron chi connectivity index (χ2n) is 8.04. The predicted molar refractivity (Wildman–Crippen MR) is 87.4 cm³/mol. The number of alkyl carbamates (subject to hydrolysis) is 1. The van der Waals surface area contributed by atoms with Gasteiger partial charge in [0.1, 0.15) is 6.61 Å². The normalized spacial score (nSPS) is 39.2. The van der Waals surface area contributed by atoms with Gasteiger partial charge in [-0.2, -0.15) is 0 Å². The van der Waals surface area contributed by atoms with Gasteiger partial charge in [-0.25, -0.2) is 4.79 Å². The Morgan fingerprint density at radius 2 is 1.96 bits per heavy atom. The second-order valence-corrected chi connectivity index (χ2v) is 8.04. The van der Waals surface area contributed by atoms with Crippen LogP contribution in [-0.4, -0.2) is 42.1 Å². The molecule has 4 aliphatic rings. The second kappa shape index (κ2) is 4.74. The number of likely N-dealkylation sites (tertiary alicyclic amines) is 1. The van der Waals surface area contributed by atoms with Crippen molar-refractivity contribution in [1.29, 1.82) is 0 Å². The van der Waals surface area contributed by atoms with Crippen LogP contribution in [0.2, 0.25) is 0 Å². The first-order valence-corrected chi connectivity index (χ1v) is 8.86. The van der Waals surface area contributed by atoms with Gasteiger partial charge in [0.15, 0.2) is 0 Å². The molecule has 5 heteroatoms. The summed E-state index contributed by atoms with van der Waals surface area (Å²) >= 11 is 0. The number of amides is 2. The molecule has 2 amide bonds. The van der Waals surface area contributed by atoms with E-state index in [4.69, 9.17) is 4.74 Å². The number of carbonyl (C=O) groups excluding carboxylic acids is 2. The molecule has 0 bridgehead atoms. The minimum absolute atomic E-state index is 0.0569. The summed E-state index contributed by atoms with van der Waals surface area (Å²) in [5.41, 5.74) is 2.57. The third-order valence-corrected chi connectivity index (χ3v) is 6.52. The molecule has 2 aliphatic heterocycles. The van der Waals surface area contributed by atoms with Crippen LogP contribution in [0.4, 0.5) is 4.79 Å². The first-order chi connectivity index (χ1) is 11.6. The fourth-order valence-corrected chi connectivity index (χ4v) is 5.16. The van der Waals surface area contributed by atoms with Crippen LogP contribution in [0.1, 0.15) is 29.9 Å². The Hall–Kier alpha value is -2.04. The summed E-state index contributed by atoms with van der Waals surface area (Å²) < 4.78 is 4.99. The van der Waals surface area contributed by atoms with Gasteiger partial charge in [0.2, 0.25) is 5.91 Å². The molecule has 5 rings (SSSR count). The van der Waals surface area contributed by atoms with E-state index >= 15 is 0 Å². The lowest BCUT2D eigenvalue weighted by atomic mass is 9.68. The van der Waals surface area contributed by atoms with Crippen LogP contribution in [0, 0.1) is 24.7 Å². The number of nitrogens with zero attached hydrogens (tertiary/aromatic N) is 1. The van der Waals surface area contributed by atoms with E-state index in [1.165, 1.54) is 11.1 Å². The maximum Gasteiger partial charge on any atom is 0.407 e. The topological polar surface area (TPSA) is 58.6 Å². The van der Waals surface area contributed by atoms with Crippen LogP contribution in [0.5, 0.6) is 0 Å². The van der Waals surface area contributed by atoms with E-state index in [9.17, 15) is 9.59 Å². The number of hydrogen-bond acceptors (Lipinski definition) is 3. The van der Waals surface area contributed by atoms with Crippen LogP contribution in [-0.2, 0) is 9.53 Å². The smallest absolute Gasteiger partial charge is 0.407 e. The van der Waals surface area contributed by atoms with Gasteiger partial charge in [-0.3, -0.25) is 4.79 Å². The Morgan fingerprint density at radius 3 is 2.58 bits per heavy atom. The van der Waals surface area contributed by atoms with Crippen molar-refractivity contribution in [3.63, 3.8) is 0 Å². The number of piperidine rings is 1. The summed E-state index contributed by atoms with van der Waals surface area (Å²) in [7, 11) is 0. The highest BCUT2D eigenvalue weighted by atomic mass is 16.6.